The molecule has 0 bridgehead atoms. The topological polar surface area (TPSA) is 47.3 Å². The monoisotopic (exact) mass is 322 g/mol. The van der Waals surface area contributed by atoms with Crippen LogP contribution in [0.1, 0.15) is 30.0 Å². The number of nitrogens with one attached hydrogen (secondary N) is 1. The summed E-state index contributed by atoms with van der Waals surface area (Å²) in [5, 5.41) is 1.18. The molecule has 3 rings (SSSR count). The standard InChI is InChI=1S/C16H16Cl2N2O/c17-12-7-11(8-13(18)9-12)16(20-19)10-1-3-14(4-2-10)21-15-5-6-15/h1-4,7-9,15-16,20H,5-6,19H2. The highest BCUT2D eigenvalue weighted by molar-refractivity contribution is 6.34. The molecule has 1 fully saturated rings. The molecule has 0 radical (unpaired) electrons. The molecular weight excluding hydrogens is 307 g/mol. The summed E-state index contributed by atoms with van der Waals surface area (Å²) < 4.78 is 5.74. The minimum atomic E-state index is -0.170. The van der Waals surface area contributed by atoms with Crippen LogP contribution in [0, 0.1) is 0 Å². The van der Waals surface area contributed by atoms with E-state index in [2.05, 4.69) is 5.43 Å². The molecule has 2 aromatic carbocycles. The predicted molar refractivity (Wildman–Crippen MR) is 85.7 cm³/mol. The summed E-state index contributed by atoms with van der Waals surface area (Å²) in [6, 6.07) is 13.2. The van der Waals surface area contributed by atoms with Gasteiger partial charge in [-0.15, -0.1) is 0 Å². The Hall–Kier alpha value is -1.26. The molecule has 1 saturated carbocycles. The van der Waals surface area contributed by atoms with E-state index in [-0.39, 0.29) is 6.04 Å². The summed E-state index contributed by atoms with van der Waals surface area (Å²) in [6.07, 6.45) is 2.69. The third-order valence-corrected chi connectivity index (χ3v) is 3.86. The van der Waals surface area contributed by atoms with E-state index in [4.69, 9.17) is 33.8 Å². The van der Waals surface area contributed by atoms with E-state index in [1.54, 1.807) is 6.07 Å². The molecule has 3 nitrogen and oxygen atoms in total. The zero-order chi connectivity index (χ0) is 14.8. The second kappa shape index (κ2) is 6.24. The average Bonchev–Trinajstić information content (AvgIpc) is 3.24. The van der Waals surface area contributed by atoms with E-state index >= 15 is 0 Å². The fourth-order valence-corrected chi connectivity index (χ4v) is 2.79. The van der Waals surface area contributed by atoms with Crippen LogP contribution in [0.15, 0.2) is 42.5 Å². The van der Waals surface area contributed by atoms with Crippen molar-refractivity contribution in [3.63, 3.8) is 0 Å². The molecule has 1 aliphatic rings. The fraction of sp³-hybridized carbons (Fsp3) is 0.250. The Labute approximate surface area is 134 Å². The molecule has 21 heavy (non-hydrogen) atoms. The van der Waals surface area contributed by atoms with Gasteiger partial charge in [-0.1, -0.05) is 35.3 Å². The third-order valence-electron chi connectivity index (χ3n) is 3.43. The number of benzene rings is 2. The Balaban J connectivity index is 1.84. The van der Waals surface area contributed by atoms with Crippen molar-refractivity contribution in [2.24, 2.45) is 5.84 Å². The van der Waals surface area contributed by atoms with E-state index in [1.165, 1.54) is 0 Å². The summed E-state index contributed by atoms with van der Waals surface area (Å²) in [6.45, 7) is 0. The third kappa shape index (κ3) is 3.69. The van der Waals surface area contributed by atoms with Crippen molar-refractivity contribution in [1.82, 2.24) is 5.43 Å². The lowest BCUT2D eigenvalue weighted by molar-refractivity contribution is 0.303. The van der Waals surface area contributed by atoms with Gasteiger partial charge in [-0.3, -0.25) is 5.84 Å². The van der Waals surface area contributed by atoms with Crippen LogP contribution in [0.3, 0.4) is 0 Å². The maximum absolute atomic E-state index is 6.06. The predicted octanol–water partition coefficient (Wildman–Crippen LogP) is 4.09. The second-order valence-electron chi connectivity index (χ2n) is 5.19. The SMILES string of the molecule is NNC(c1ccc(OC2CC2)cc1)c1cc(Cl)cc(Cl)c1. The van der Waals surface area contributed by atoms with Crippen LogP contribution >= 0.6 is 23.2 Å². The number of rotatable bonds is 5. The zero-order valence-corrected chi connectivity index (χ0v) is 12.9. The van der Waals surface area contributed by atoms with E-state index < -0.39 is 0 Å². The highest BCUT2D eigenvalue weighted by Gasteiger charge is 2.23. The molecular formula is C16H16Cl2N2O. The first-order chi connectivity index (χ1) is 10.2. The normalized spacial score (nSPS) is 15.8. The Morgan fingerprint density at radius 2 is 1.62 bits per heavy atom. The van der Waals surface area contributed by atoms with Crippen molar-refractivity contribution in [1.29, 1.82) is 0 Å². The largest absolute Gasteiger partial charge is 0.490 e. The zero-order valence-electron chi connectivity index (χ0n) is 11.4. The first-order valence-corrected chi connectivity index (χ1v) is 7.60. The van der Waals surface area contributed by atoms with Gasteiger partial charge in [0.15, 0.2) is 0 Å². The molecule has 1 aliphatic carbocycles. The van der Waals surface area contributed by atoms with Crippen molar-refractivity contribution < 1.29 is 4.74 Å². The van der Waals surface area contributed by atoms with Gasteiger partial charge in [0.2, 0.25) is 0 Å². The molecule has 3 N–H and O–H groups in total. The van der Waals surface area contributed by atoms with Gasteiger partial charge in [-0.25, -0.2) is 5.43 Å². The lowest BCUT2D eigenvalue weighted by Gasteiger charge is -2.18. The van der Waals surface area contributed by atoms with Crippen LogP contribution in [-0.4, -0.2) is 6.10 Å². The van der Waals surface area contributed by atoms with Crippen molar-refractivity contribution in [2.75, 3.05) is 0 Å². The highest BCUT2D eigenvalue weighted by Crippen LogP contribution is 2.30. The highest BCUT2D eigenvalue weighted by atomic mass is 35.5. The van der Waals surface area contributed by atoms with Crippen LogP contribution in [-0.2, 0) is 0 Å². The molecule has 0 aliphatic heterocycles. The lowest BCUT2D eigenvalue weighted by Crippen LogP contribution is -2.28. The van der Waals surface area contributed by atoms with Crippen LogP contribution in [0.5, 0.6) is 5.75 Å². The van der Waals surface area contributed by atoms with Gasteiger partial charge in [0.05, 0.1) is 12.1 Å². The molecule has 0 amide bonds. The Morgan fingerprint density at radius 3 is 2.14 bits per heavy atom. The van der Waals surface area contributed by atoms with Gasteiger partial charge in [0.1, 0.15) is 5.75 Å². The quantitative estimate of drug-likeness (QED) is 0.644. The van der Waals surface area contributed by atoms with Crippen LogP contribution in [0.4, 0.5) is 0 Å². The molecule has 1 atom stereocenters. The number of hydrazine groups is 1. The minimum Gasteiger partial charge on any atom is -0.490 e. The van der Waals surface area contributed by atoms with Gasteiger partial charge in [-0.05, 0) is 54.3 Å². The van der Waals surface area contributed by atoms with Crippen molar-refractivity contribution in [3.05, 3.63) is 63.6 Å². The van der Waals surface area contributed by atoms with Crippen LogP contribution in [0.25, 0.3) is 0 Å². The fourth-order valence-electron chi connectivity index (χ4n) is 2.24. The van der Waals surface area contributed by atoms with Crippen LogP contribution < -0.4 is 16.0 Å². The molecule has 0 spiro atoms. The van der Waals surface area contributed by atoms with Crippen LogP contribution in [0.2, 0.25) is 10.0 Å². The molecule has 0 aromatic heterocycles. The summed E-state index contributed by atoms with van der Waals surface area (Å²) in [4.78, 5) is 0. The number of ether oxygens (including phenoxy) is 1. The van der Waals surface area contributed by atoms with Crippen molar-refractivity contribution in [2.45, 2.75) is 25.0 Å². The van der Waals surface area contributed by atoms with Gasteiger partial charge in [-0.2, -0.15) is 0 Å². The van der Waals surface area contributed by atoms with E-state index in [0.29, 0.717) is 16.1 Å². The van der Waals surface area contributed by atoms with E-state index in [9.17, 15) is 0 Å². The summed E-state index contributed by atoms with van der Waals surface area (Å²) in [7, 11) is 0. The summed E-state index contributed by atoms with van der Waals surface area (Å²) in [5.74, 6) is 6.59. The van der Waals surface area contributed by atoms with Gasteiger partial charge in [0, 0.05) is 10.0 Å². The van der Waals surface area contributed by atoms with Crippen molar-refractivity contribution in [3.8, 4) is 5.75 Å². The first kappa shape index (κ1) is 14.7. The van der Waals surface area contributed by atoms with E-state index in [0.717, 1.165) is 29.7 Å². The Kier molecular flexibility index (Phi) is 4.36. The van der Waals surface area contributed by atoms with E-state index in [1.807, 2.05) is 36.4 Å². The van der Waals surface area contributed by atoms with Gasteiger partial charge in [0.25, 0.3) is 0 Å². The second-order valence-corrected chi connectivity index (χ2v) is 6.06. The minimum absolute atomic E-state index is 0.170. The first-order valence-electron chi connectivity index (χ1n) is 6.84. The molecule has 0 saturated heterocycles. The number of hydrogen-bond acceptors (Lipinski definition) is 3. The lowest BCUT2D eigenvalue weighted by atomic mass is 9.99. The molecule has 110 valence electrons. The Morgan fingerprint density at radius 1 is 1.00 bits per heavy atom. The number of hydrogen-bond donors (Lipinski definition) is 2. The molecule has 0 heterocycles. The number of halogens is 2. The smallest absolute Gasteiger partial charge is 0.119 e. The Bertz CT molecular complexity index is 606. The summed E-state index contributed by atoms with van der Waals surface area (Å²) in [5.41, 5.74) is 4.75. The molecule has 5 heteroatoms. The van der Waals surface area contributed by atoms with Crippen molar-refractivity contribution >= 4 is 23.2 Å². The summed E-state index contributed by atoms with van der Waals surface area (Å²) >= 11 is 12.1. The maximum Gasteiger partial charge on any atom is 0.119 e. The molecule has 1 unspecified atom stereocenters. The maximum atomic E-state index is 6.06. The van der Waals surface area contributed by atoms with Gasteiger partial charge < -0.3 is 4.74 Å². The molecule has 2 aromatic rings. The van der Waals surface area contributed by atoms with Gasteiger partial charge >= 0.3 is 0 Å². The average molecular weight is 323 g/mol. The number of nitrogens with two attached hydrogens (primary N) is 1.